The van der Waals surface area contributed by atoms with Crippen molar-refractivity contribution in [1.82, 2.24) is 10.2 Å². The van der Waals surface area contributed by atoms with Crippen LogP contribution in [-0.2, 0) is 9.84 Å². The van der Waals surface area contributed by atoms with E-state index in [1.54, 1.807) is 6.08 Å². The summed E-state index contributed by atoms with van der Waals surface area (Å²) in [7, 11) is -3.74. The fraction of sp³-hybridized carbons (Fsp3) is 0.214. The molecular weight excluding hydrogens is 279 g/mol. The number of sulfone groups is 1. The molecule has 0 aliphatic heterocycles. The molecule has 0 atom stereocenters. The number of aromatic amines is 1. The van der Waals surface area contributed by atoms with Gasteiger partial charge in [-0.05, 0) is 25.0 Å². The number of aryl methyl sites for hydroxylation is 2. The van der Waals surface area contributed by atoms with Crippen LogP contribution in [0.25, 0.3) is 6.08 Å². The molecule has 20 heavy (non-hydrogen) atoms. The SMILES string of the molecule is Cc1ccc(C)c(C=CCS(=O)(=O)c2n[nH]cc2F)c1. The van der Waals surface area contributed by atoms with E-state index < -0.39 is 20.7 Å². The van der Waals surface area contributed by atoms with Crippen molar-refractivity contribution in [3.8, 4) is 0 Å². The zero-order valence-electron chi connectivity index (χ0n) is 11.2. The van der Waals surface area contributed by atoms with E-state index in [0.29, 0.717) is 0 Å². The highest BCUT2D eigenvalue weighted by Gasteiger charge is 2.20. The van der Waals surface area contributed by atoms with Crippen LogP contribution in [-0.4, -0.2) is 24.4 Å². The molecule has 0 spiro atoms. The molecule has 0 aliphatic rings. The number of nitrogens with zero attached hydrogens (tertiary/aromatic N) is 1. The van der Waals surface area contributed by atoms with Crippen molar-refractivity contribution in [3.05, 3.63) is 53.0 Å². The van der Waals surface area contributed by atoms with E-state index in [1.165, 1.54) is 6.08 Å². The molecule has 6 heteroatoms. The maximum atomic E-state index is 13.2. The molecule has 0 bridgehead atoms. The van der Waals surface area contributed by atoms with Gasteiger partial charge in [0.15, 0.2) is 5.82 Å². The van der Waals surface area contributed by atoms with Crippen LogP contribution in [0.1, 0.15) is 16.7 Å². The van der Waals surface area contributed by atoms with Gasteiger partial charge in [0.2, 0.25) is 14.9 Å². The molecule has 0 fully saturated rings. The Balaban J connectivity index is 2.18. The number of nitrogens with one attached hydrogen (secondary N) is 1. The quantitative estimate of drug-likeness (QED) is 0.943. The minimum atomic E-state index is -3.74. The van der Waals surface area contributed by atoms with Gasteiger partial charge in [-0.3, -0.25) is 5.10 Å². The summed E-state index contributed by atoms with van der Waals surface area (Å²) < 4.78 is 37.0. The van der Waals surface area contributed by atoms with Crippen LogP contribution in [0.3, 0.4) is 0 Å². The molecule has 1 aromatic carbocycles. The highest BCUT2D eigenvalue weighted by molar-refractivity contribution is 7.91. The van der Waals surface area contributed by atoms with Crippen LogP contribution in [0.5, 0.6) is 0 Å². The van der Waals surface area contributed by atoms with E-state index in [4.69, 9.17) is 0 Å². The summed E-state index contributed by atoms with van der Waals surface area (Å²) in [5, 5.41) is 5.08. The van der Waals surface area contributed by atoms with Crippen LogP contribution in [0, 0.1) is 19.7 Å². The number of aromatic nitrogens is 2. The molecule has 0 saturated carbocycles. The van der Waals surface area contributed by atoms with Crippen LogP contribution >= 0.6 is 0 Å². The van der Waals surface area contributed by atoms with E-state index >= 15 is 0 Å². The number of rotatable bonds is 4. The maximum absolute atomic E-state index is 13.2. The molecule has 0 saturated heterocycles. The topological polar surface area (TPSA) is 62.8 Å². The average molecular weight is 294 g/mol. The van der Waals surface area contributed by atoms with E-state index in [9.17, 15) is 12.8 Å². The molecule has 0 unspecified atom stereocenters. The zero-order chi connectivity index (χ0) is 14.8. The van der Waals surface area contributed by atoms with Crippen molar-refractivity contribution in [3.63, 3.8) is 0 Å². The van der Waals surface area contributed by atoms with Crippen LogP contribution in [0.4, 0.5) is 4.39 Å². The first-order valence-corrected chi connectivity index (χ1v) is 7.71. The molecule has 2 aromatic rings. The summed E-state index contributed by atoms with van der Waals surface area (Å²) >= 11 is 0. The van der Waals surface area contributed by atoms with Gasteiger partial charge in [-0.25, -0.2) is 12.8 Å². The summed E-state index contributed by atoms with van der Waals surface area (Å²) in [6.07, 6.45) is 4.15. The average Bonchev–Trinajstić information content (AvgIpc) is 2.80. The summed E-state index contributed by atoms with van der Waals surface area (Å²) in [6, 6.07) is 5.92. The smallest absolute Gasteiger partial charge is 0.212 e. The lowest BCUT2D eigenvalue weighted by atomic mass is 10.1. The number of benzene rings is 1. The van der Waals surface area contributed by atoms with Gasteiger partial charge in [0, 0.05) is 0 Å². The van der Waals surface area contributed by atoms with E-state index in [0.717, 1.165) is 22.9 Å². The Morgan fingerprint density at radius 1 is 1.35 bits per heavy atom. The van der Waals surface area contributed by atoms with Gasteiger partial charge in [0.25, 0.3) is 0 Å². The van der Waals surface area contributed by atoms with Gasteiger partial charge < -0.3 is 0 Å². The Labute approximate surface area is 117 Å². The van der Waals surface area contributed by atoms with Gasteiger partial charge in [-0.15, -0.1) is 0 Å². The predicted octanol–water partition coefficient (Wildman–Crippen LogP) is 2.65. The lowest BCUT2D eigenvalue weighted by molar-refractivity contribution is 0.564. The first-order chi connectivity index (χ1) is 9.40. The van der Waals surface area contributed by atoms with Crippen molar-refractivity contribution in [2.75, 3.05) is 5.75 Å². The summed E-state index contributed by atoms with van der Waals surface area (Å²) in [5.74, 6) is -1.15. The number of hydrogen-bond acceptors (Lipinski definition) is 3. The van der Waals surface area contributed by atoms with Crippen molar-refractivity contribution in [2.45, 2.75) is 18.9 Å². The molecular formula is C14H15FN2O2S. The third kappa shape index (κ3) is 3.14. The van der Waals surface area contributed by atoms with Crippen molar-refractivity contribution < 1.29 is 12.8 Å². The van der Waals surface area contributed by atoms with Crippen LogP contribution in [0.15, 0.2) is 35.5 Å². The van der Waals surface area contributed by atoms with Crippen LogP contribution < -0.4 is 0 Å². The van der Waals surface area contributed by atoms with Gasteiger partial charge in [0.1, 0.15) is 0 Å². The van der Waals surface area contributed by atoms with Gasteiger partial charge in [-0.1, -0.05) is 35.9 Å². The predicted molar refractivity (Wildman–Crippen MR) is 75.5 cm³/mol. The van der Waals surface area contributed by atoms with Crippen molar-refractivity contribution in [1.29, 1.82) is 0 Å². The molecule has 106 valence electrons. The Morgan fingerprint density at radius 2 is 2.10 bits per heavy atom. The van der Waals surface area contributed by atoms with Gasteiger partial charge >= 0.3 is 0 Å². The molecule has 0 radical (unpaired) electrons. The first-order valence-electron chi connectivity index (χ1n) is 6.06. The summed E-state index contributed by atoms with van der Waals surface area (Å²) in [4.78, 5) is 0. The zero-order valence-corrected chi connectivity index (χ0v) is 12.0. The summed E-state index contributed by atoms with van der Waals surface area (Å²) in [6.45, 7) is 3.91. The second-order valence-corrected chi connectivity index (χ2v) is 6.53. The number of halogens is 1. The highest BCUT2D eigenvalue weighted by Crippen LogP contribution is 2.15. The number of H-pyrrole nitrogens is 1. The minimum absolute atomic E-state index is 0.290. The number of hydrogen-bond donors (Lipinski definition) is 1. The normalized spacial score (nSPS) is 12.2. The molecule has 0 aliphatic carbocycles. The monoisotopic (exact) mass is 294 g/mol. The molecule has 1 aromatic heterocycles. The highest BCUT2D eigenvalue weighted by atomic mass is 32.2. The molecule has 2 rings (SSSR count). The van der Waals surface area contributed by atoms with Gasteiger partial charge in [0.05, 0.1) is 11.9 Å². The Kier molecular flexibility index (Phi) is 4.04. The minimum Gasteiger partial charge on any atom is -0.281 e. The second-order valence-electron chi connectivity index (χ2n) is 4.58. The third-order valence-corrected chi connectivity index (χ3v) is 4.41. The van der Waals surface area contributed by atoms with Crippen LogP contribution in [0.2, 0.25) is 0 Å². The molecule has 0 amide bonds. The molecule has 4 nitrogen and oxygen atoms in total. The summed E-state index contributed by atoms with van der Waals surface area (Å²) in [5.41, 5.74) is 3.09. The second kappa shape index (κ2) is 5.58. The van der Waals surface area contributed by atoms with E-state index in [2.05, 4.69) is 10.2 Å². The van der Waals surface area contributed by atoms with Crippen molar-refractivity contribution in [2.24, 2.45) is 0 Å². The Morgan fingerprint density at radius 3 is 2.75 bits per heavy atom. The fourth-order valence-corrected chi connectivity index (χ4v) is 2.86. The lowest BCUT2D eigenvalue weighted by Crippen LogP contribution is -2.07. The Hall–Kier alpha value is -1.95. The molecule has 1 heterocycles. The van der Waals surface area contributed by atoms with Gasteiger partial charge in [-0.2, -0.15) is 5.10 Å². The van der Waals surface area contributed by atoms with E-state index in [-0.39, 0.29) is 5.75 Å². The largest absolute Gasteiger partial charge is 0.281 e. The van der Waals surface area contributed by atoms with E-state index in [1.807, 2.05) is 32.0 Å². The Bertz CT molecular complexity index is 748. The lowest BCUT2D eigenvalue weighted by Gasteiger charge is -2.02. The fourth-order valence-electron chi connectivity index (χ4n) is 1.80. The standard InChI is InChI=1S/C14H15FN2O2S/c1-10-5-6-11(2)12(8-10)4-3-7-20(18,19)14-13(15)9-16-17-14/h3-6,8-9H,7H2,1-2H3,(H,16,17). The van der Waals surface area contributed by atoms with Crippen molar-refractivity contribution >= 4 is 15.9 Å². The maximum Gasteiger partial charge on any atom is 0.212 e. The molecule has 1 N–H and O–H groups in total. The third-order valence-electron chi connectivity index (χ3n) is 2.90. The first kappa shape index (κ1) is 14.5.